The van der Waals surface area contributed by atoms with Gasteiger partial charge in [-0.05, 0) is 77.9 Å². The SMILES string of the molecule is Cc1ccccc1CN1C(=O)S/C(=C\c2cccc(OC(=O)c3ccc(Cl)cc3)c2)C1=O. The van der Waals surface area contributed by atoms with E-state index in [1.807, 2.05) is 31.2 Å². The van der Waals surface area contributed by atoms with Crippen LogP contribution in [0.15, 0.2) is 77.7 Å². The molecule has 4 rings (SSSR count). The molecule has 1 heterocycles. The molecule has 0 saturated carbocycles. The summed E-state index contributed by atoms with van der Waals surface area (Å²) in [7, 11) is 0. The number of ether oxygens (including phenoxy) is 1. The third-order valence-corrected chi connectivity index (χ3v) is 6.07. The molecule has 32 heavy (non-hydrogen) atoms. The lowest BCUT2D eigenvalue weighted by Gasteiger charge is -2.14. The van der Waals surface area contributed by atoms with E-state index in [9.17, 15) is 14.4 Å². The molecule has 0 bridgehead atoms. The molecule has 0 radical (unpaired) electrons. The van der Waals surface area contributed by atoms with Crippen LogP contribution in [0.5, 0.6) is 5.75 Å². The largest absolute Gasteiger partial charge is 0.423 e. The van der Waals surface area contributed by atoms with Gasteiger partial charge in [0.15, 0.2) is 0 Å². The van der Waals surface area contributed by atoms with Gasteiger partial charge in [-0.1, -0.05) is 48.0 Å². The van der Waals surface area contributed by atoms with Crippen LogP contribution in [-0.2, 0) is 11.3 Å². The molecule has 5 nitrogen and oxygen atoms in total. The first-order valence-corrected chi connectivity index (χ1v) is 11.0. The number of hydrogen-bond donors (Lipinski definition) is 0. The van der Waals surface area contributed by atoms with Crippen molar-refractivity contribution in [2.24, 2.45) is 0 Å². The zero-order chi connectivity index (χ0) is 22.7. The molecule has 0 unspecified atom stereocenters. The van der Waals surface area contributed by atoms with Gasteiger partial charge in [-0.25, -0.2) is 4.79 Å². The van der Waals surface area contributed by atoms with Crippen molar-refractivity contribution in [1.82, 2.24) is 4.90 Å². The highest BCUT2D eigenvalue weighted by atomic mass is 35.5. The van der Waals surface area contributed by atoms with Crippen LogP contribution in [0.2, 0.25) is 5.02 Å². The number of aryl methyl sites for hydroxylation is 1. The van der Waals surface area contributed by atoms with Crippen molar-refractivity contribution in [3.8, 4) is 5.75 Å². The van der Waals surface area contributed by atoms with Gasteiger partial charge in [0, 0.05) is 5.02 Å². The van der Waals surface area contributed by atoms with Gasteiger partial charge in [-0.3, -0.25) is 14.5 Å². The normalized spacial score (nSPS) is 14.8. The second-order valence-electron chi connectivity index (χ2n) is 7.16. The van der Waals surface area contributed by atoms with Crippen LogP contribution in [0, 0.1) is 6.92 Å². The second kappa shape index (κ2) is 9.42. The van der Waals surface area contributed by atoms with Gasteiger partial charge < -0.3 is 4.74 Å². The van der Waals surface area contributed by atoms with Crippen LogP contribution < -0.4 is 4.74 Å². The standard InChI is InChI=1S/C25H18ClNO4S/c1-16-5-2-3-7-19(16)15-27-23(28)22(32-25(27)30)14-17-6-4-8-21(13-17)31-24(29)18-9-11-20(26)12-10-18/h2-14H,15H2,1H3/b22-14-. The maximum absolute atomic E-state index is 12.8. The molecule has 0 N–H and O–H groups in total. The molecule has 1 saturated heterocycles. The number of rotatable bonds is 5. The molecule has 2 amide bonds. The zero-order valence-electron chi connectivity index (χ0n) is 17.1. The minimum Gasteiger partial charge on any atom is -0.423 e. The van der Waals surface area contributed by atoms with Crippen LogP contribution in [0.3, 0.4) is 0 Å². The molecular formula is C25H18ClNO4S. The molecular weight excluding hydrogens is 446 g/mol. The molecule has 3 aromatic rings. The third-order valence-electron chi connectivity index (χ3n) is 4.91. The number of esters is 1. The number of carbonyl (C=O) groups is 3. The molecule has 1 aliphatic rings. The fourth-order valence-electron chi connectivity index (χ4n) is 3.17. The van der Waals surface area contributed by atoms with E-state index in [2.05, 4.69) is 0 Å². The molecule has 0 spiro atoms. The summed E-state index contributed by atoms with van der Waals surface area (Å²) in [6.07, 6.45) is 1.63. The minimum atomic E-state index is -0.516. The summed E-state index contributed by atoms with van der Waals surface area (Å²) in [5.41, 5.74) is 2.96. The van der Waals surface area contributed by atoms with Gasteiger partial charge in [-0.2, -0.15) is 0 Å². The number of benzene rings is 3. The van der Waals surface area contributed by atoms with Gasteiger partial charge in [-0.15, -0.1) is 0 Å². The summed E-state index contributed by atoms with van der Waals surface area (Å²) < 4.78 is 5.43. The van der Waals surface area contributed by atoms with Crippen molar-refractivity contribution in [3.63, 3.8) is 0 Å². The molecule has 1 aliphatic heterocycles. The van der Waals surface area contributed by atoms with Crippen LogP contribution in [0.1, 0.15) is 27.0 Å². The summed E-state index contributed by atoms with van der Waals surface area (Å²) in [5.74, 6) is -0.526. The lowest BCUT2D eigenvalue weighted by atomic mass is 10.1. The Hall–Kier alpha value is -3.35. The Bertz CT molecular complexity index is 1240. The average molecular weight is 464 g/mol. The predicted octanol–water partition coefficient (Wildman–Crippen LogP) is 6.10. The first-order chi connectivity index (χ1) is 15.4. The first kappa shape index (κ1) is 21.9. The molecule has 0 atom stereocenters. The number of hydrogen-bond acceptors (Lipinski definition) is 5. The number of imide groups is 1. The monoisotopic (exact) mass is 463 g/mol. The molecule has 3 aromatic carbocycles. The van der Waals surface area contributed by atoms with Crippen molar-refractivity contribution in [1.29, 1.82) is 0 Å². The van der Waals surface area contributed by atoms with E-state index in [-0.39, 0.29) is 17.7 Å². The summed E-state index contributed by atoms with van der Waals surface area (Å²) in [4.78, 5) is 39.2. The third kappa shape index (κ3) is 4.93. The topological polar surface area (TPSA) is 63.7 Å². The maximum Gasteiger partial charge on any atom is 0.343 e. The fourth-order valence-corrected chi connectivity index (χ4v) is 4.13. The Morgan fingerprint density at radius 1 is 1.03 bits per heavy atom. The minimum absolute atomic E-state index is 0.230. The van der Waals surface area contributed by atoms with Crippen LogP contribution in [0.4, 0.5) is 4.79 Å². The highest BCUT2D eigenvalue weighted by Gasteiger charge is 2.35. The summed E-state index contributed by atoms with van der Waals surface area (Å²) in [6.45, 7) is 2.18. The summed E-state index contributed by atoms with van der Waals surface area (Å²) in [5, 5.41) is 0.217. The van der Waals surface area contributed by atoms with Crippen molar-refractivity contribution in [2.75, 3.05) is 0 Å². The fraction of sp³-hybridized carbons (Fsp3) is 0.0800. The number of thioether (sulfide) groups is 1. The van der Waals surface area contributed by atoms with Gasteiger partial charge in [0.1, 0.15) is 5.75 Å². The van der Waals surface area contributed by atoms with E-state index in [1.54, 1.807) is 54.6 Å². The number of halogens is 1. The Labute approximate surface area is 194 Å². The average Bonchev–Trinajstić information content (AvgIpc) is 3.03. The van der Waals surface area contributed by atoms with E-state index in [0.717, 1.165) is 22.9 Å². The predicted molar refractivity (Wildman–Crippen MR) is 126 cm³/mol. The molecule has 7 heteroatoms. The van der Waals surface area contributed by atoms with E-state index in [0.29, 0.717) is 26.8 Å². The Balaban J connectivity index is 1.49. The second-order valence-corrected chi connectivity index (χ2v) is 8.59. The van der Waals surface area contributed by atoms with Crippen molar-refractivity contribution in [3.05, 3.63) is 105 Å². The summed E-state index contributed by atoms with van der Waals surface area (Å²) in [6, 6.07) is 20.8. The maximum atomic E-state index is 12.8. The lowest BCUT2D eigenvalue weighted by molar-refractivity contribution is -0.123. The van der Waals surface area contributed by atoms with Crippen molar-refractivity contribution >= 4 is 46.6 Å². The van der Waals surface area contributed by atoms with Gasteiger partial charge >= 0.3 is 5.97 Å². The Morgan fingerprint density at radius 2 is 1.78 bits per heavy atom. The number of carbonyl (C=O) groups excluding carboxylic acids is 3. The highest BCUT2D eigenvalue weighted by Crippen LogP contribution is 2.34. The van der Waals surface area contributed by atoms with Crippen LogP contribution in [0.25, 0.3) is 6.08 Å². The van der Waals surface area contributed by atoms with E-state index < -0.39 is 5.97 Å². The van der Waals surface area contributed by atoms with Gasteiger partial charge in [0.2, 0.25) is 0 Å². The van der Waals surface area contributed by atoms with Gasteiger partial charge in [0.05, 0.1) is 17.0 Å². The van der Waals surface area contributed by atoms with E-state index in [4.69, 9.17) is 16.3 Å². The number of amides is 2. The number of nitrogens with zero attached hydrogens (tertiary/aromatic N) is 1. The Kier molecular flexibility index (Phi) is 6.44. The van der Waals surface area contributed by atoms with Crippen LogP contribution in [-0.4, -0.2) is 22.0 Å². The molecule has 1 fully saturated rings. The van der Waals surface area contributed by atoms with Crippen molar-refractivity contribution in [2.45, 2.75) is 13.5 Å². The zero-order valence-corrected chi connectivity index (χ0v) is 18.7. The molecule has 0 aliphatic carbocycles. The van der Waals surface area contributed by atoms with E-state index in [1.165, 1.54) is 4.90 Å². The molecule has 160 valence electrons. The highest BCUT2D eigenvalue weighted by molar-refractivity contribution is 8.18. The molecule has 0 aromatic heterocycles. The summed E-state index contributed by atoms with van der Waals surface area (Å²) >= 11 is 6.75. The smallest absolute Gasteiger partial charge is 0.343 e. The Morgan fingerprint density at radius 3 is 2.53 bits per heavy atom. The van der Waals surface area contributed by atoms with Crippen molar-refractivity contribution < 1.29 is 19.1 Å². The lowest BCUT2D eigenvalue weighted by Crippen LogP contribution is -2.27. The van der Waals surface area contributed by atoms with E-state index >= 15 is 0 Å². The van der Waals surface area contributed by atoms with Gasteiger partial charge in [0.25, 0.3) is 11.1 Å². The first-order valence-electron chi connectivity index (χ1n) is 9.78. The quantitative estimate of drug-likeness (QED) is 0.260. The van der Waals surface area contributed by atoms with Crippen LogP contribution >= 0.6 is 23.4 Å².